The lowest BCUT2D eigenvalue weighted by Gasteiger charge is -1.89. The van der Waals surface area contributed by atoms with Crippen LogP contribution in [0.4, 0.5) is 0 Å². The quantitative estimate of drug-likeness (QED) is 0.545. The number of cyclic esters (lactones) is 1. The van der Waals surface area contributed by atoms with Crippen LogP contribution in [0, 0.1) is 5.92 Å². The molecule has 0 bridgehead atoms. The third kappa shape index (κ3) is 1.33. The zero-order valence-electron chi connectivity index (χ0n) is 5.06. The first kappa shape index (κ1) is 6.81. The summed E-state index contributed by atoms with van der Waals surface area (Å²) in [6, 6.07) is 0. The van der Waals surface area contributed by atoms with Crippen molar-refractivity contribution >= 4 is 21.9 Å². The van der Waals surface area contributed by atoms with Gasteiger partial charge in [0.15, 0.2) is 0 Å². The summed E-state index contributed by atoms with van der Waals surface area (Å²) < 4.78 is 4.80. The summed E-state index contributed by atoms with van der Waals surface area (Å²) >= 11 is 3.09. The molecule has 1 atom stereocenters. The van der Waals surface area contributed by atoms with Crippen molar-refractivity contribution in [2.24, 2.45) is 5.92 Å². The number of carbonyl (C=O) groups is 1. The topological polar surface area (TPSA) is 26.3 Å². The maximum atomic E-state index is 10.7. The summed E-state index contributed by atoms with van der Waals surface area (Å²) in [6.07, 6.45) is 0.726. The maximum Gasteiger partial charge on any atom is 0.314 e. The van der Waals surface area contributed by atoms with Crippen LogP contribution in [0.5, 0.6) is 0 Å². The van der Waals surface area contributed by atoms with Crippen LogP contribution in [0.15, 0.2) is 10.7 Å². The van der Waals surface area contributed by atoms with Crippen LogP contribution in [-0.2, 0) is 9.53 Å². The van der Waals surface area contributed by atoms with E-state index in [1.165, 1.54) is 0 Å². The summed E-state index contributed by atoms with van der Waals surface area (Å²) in [5, 5.41) is 0. The van der Waals surface area contributed by atoms with Crippen molar-refractivity contribution < 1.29 is 9.53 Å². The third-order valence-corrected chi connectivity index (χ3v) is 1.77. The Kier molecular flexibility index (Phi) is 1.90. The van der Waals surface area contributed by atoms with Crippen molar-refractivity contribution in [2.45, 2.75) is 13.3 Å². The Morgan fingerprint density at radius 1 is 1.89 bits per heavy atom. The highest BCUT2D eigenvalue weighted by Gasteiger charge is 2.25. The fourth-order valence-corrected chi connectivity index (χ4v) is 1.00. The highest BCUT2D eigenvalue weighted by atomic mass is 79.9. The molecule has 0 aromatic carbocycles. The average Bonchev–Trinajstić information content (AvgIpc) is 2.13. The van der Waals surface area contributed by atoms with E-state index >= 15 is 0 Å². The van der Waals surface area contributed by atoms with E-state index in [-0.39, 0.29) is 11.9 Å². The number of esters is 1. The molecule has 1 aliphatic heterocycles. The van der Waals surface area contributed by atoms with Gasteiger partial charge in [0.25, 0.3) is 0 Å². The average molecular weight is 191 g/mol. The Labute approximate surface area is 62.0 Å². The number of ether oxygens (including phenoxy) is 1. The smallest absolute Gasteiger partial charge is 0.314 e. The van der Waals surface area contributed by atoms with Gasteiger partial charge < -0.3 is 4.74 Å². The van der Waals surface area contributed by atoms with E-state index in [0.717, 1.165) is 12.2 Å². The molecular formula is C6H7BrO2. The van der Waals surface area contributed by atoms with E-state index in [0.29, 0.717) is 0 Å². The Morgan fingerprint density at radius 3 is 2.78 bits per heavy atom. The zero-order valence-corrected chi connectivity index (χ0v) is 6.64. The van der Waals surface area contributed by atoms with Crippen LogP contribution in [0.3, 0.4) is 0 Å². The Hall–Kier alpha value is -0.310. The Balaban J connectivity index is 2.65. The molecule has 1 rings (SSSR count). The number of halogens is 1. The second kappa shape index (κ2) is 2.52. The molecule has 0 aromatic heterocycles. The second-order valence-corrected chi connectivity index (χ2v) is 2.56. The minimum atomic E-state index is -0.124. The minimum absolute atomic E-state index is 0.0359. The van der Waals surface area contributed by atoms with Crippen LogP contribution in [0.25, 0.3) is 0 Å². The monoisotopic (exact) mass is 190 g/mol. The molecule has 0 amide bonds. The van der Waals surface area contributed by atoms with E-state index in [1.807, 2.05) is 6.92 Å². The highest BCUT2D eigenvalue weighted by Crippen LogP contribution is 2.24. The lowest BCUT2D eigenvalue weighted by atomic mass is 10.1. The minimum Gasteiger partial charge on any atom is -0.430 e. The van der Waals surface area contributed by atoms with Gasteiger partial charge in [-0.05, 0) is 0 Å². The van der Waals surface area contributed by atoms with Crippen molar-refractivity contribution in [3.8, 4) is 0 Å². The first-order valence-electron chi connectivity index (χ1n) is 2.75. The van der Waals surface area contributed by atoms with Crippen molar-refractivity contribution in [1.29, 1.82) is 0 Å². The normalized spacial score (nSPS) is 31.1. The number of allylic oxidation sites excluding steroid dienone is 1. The molecule has 1 fully saturated rings. The molecule has 0 saturated carbocycles. The molecule has 2 nitrogen and oxygen atoms in total. The van der Waals surface area contributed by atoms with Crippen LogP contribution >= 0.6 is 15.9 Å². The number of carbonyl (C=O) groups excluding carboxylic acids is 1. The van der Waals surface area contributed by atoms with E-state index in [1.54, 1.807) is 4.99 Å². The van der Waals surface area contributed by atoms with Gasteiger partial charge in [0, 0.05) is 11.4 Å². The van der Waals surface area contributed by atoms with Crippen LogP contribution in [0.1, 0.15) is 13.3 Å². The third-order valence-electron chi connectivity index (χ3n) is 1.26. The first-order valence-corrected chi connectivity index (χ1v) is 3.66. The van der Waals surface area contributed by atoms with Crippen molar-refractivity contribution in [3.05, 3.63) is 10.7 Å². The van der Waals surface area contributed by atoms with Gasteiger partial charge >= 0.3 is 5.97 Å². The molecule has 3 heteroatoms. The predicted molar refractivity (Wildman–Crippen MR) is 36.9 cm³/mol. The van der Waals surface area contributed by atoms with Gasteiger partial charge in [0.05, 0.1) is 5.92 Å². The number of hydrogen-bond acceptors (Lipinski definition) is 2. The van der Waals surface area contributed by atoms with Gasteiger partial charge in [0.2, 0.25) is 0 Å². The van der Waals surface area contributed by atoms with E-state index in [2.05, 4.69) is 15.9 Å². The summed E-state index contributed by atoms with van der Waals surface area (Å²) in [6.45, 7) is 1.85. The molecule has 0 aliphatic carbocycles. The zero-order chi connectivity index (χ0) is 6.85. The summed E-state index contributed by atoms with van der Waals surface area (Å²) in [4.78, 5) is 12.3. The molecule has 0 spiro atoms. The van der Waals surface area contributed by atoms with E-state index < -0.39 is 0 Å². The van der Waals surface area contributed by atoms with Gasteiger partial charge in [-0.2, -0.15) is 0 Å². The molecule has 1 saturated heterocycles. The Morgan fingerprint density at radius 2 is 2.56 bits per heavy atom. The summed E-state index contributed by atoms with van der Waals surface area (Å²) in [7, 11) is 0. The maximum absolute atomic E-state index is 10.7. The largest absolute Gasteiger partial charge is 0.430 e. The molecule has 1 unspecified atom stereocenters. The molecule has 50 valence electrons. The fraction of sp³-hybridized carbons (Fsp3) is 0.500. The molecule has 0 radical (unpaired) electrons. The van der Waals surface area contributed by atoms with E-state index in [4.69, 9.17) is 4.74 Å². The standard InChI is InChI=1S/C6H7BrO2/c1-4-2-5(3-7)9-6(4)8/h3-4H,2H2,1H3/b5-3-. The van der Waals surface area contributed by atoms with E-state index in [9.17, 15) is 4.79 Å². The predicted octanol–water partition coefficient (Wildman–Crippen LogP) is 1.81. The molecule has 1 heterocycles. The second-order valence-electron chi connectivity index (χ2n) is 2.10. The number of rotatable bonds is 0. The molecule has 9 heavy (non-hydrogen) atoms. The Bertz CT molecular complexity index is 162. The lowest BCUT2D eigenvalue weighted by molar-refractivity contribution is -0.138. The van der Waals surface area contributed by atoms with Crippen molar-refractivity contribution in [3.63, 3.8) is 0 Å². The molecule has 0 aromatic rings. The SMILES string of the molecule is CC1C/C(=C/Br)OC1=O. The number of hydrogen-bond donors (Lipinski definition) is 0. The first-order chi connectivity index (χ1) is 4.24. The van der Waals surface area contributed by atoms with Crippen LogP contribution in [0.2, 0.25) is 0 Å². The van der Waals surface area contributed by atoms with Crippen molar-refractivity contribution in [2.75, 3.05) is 0 Å². The van der Waals surface area contributed by atoms with Crippen LogP contribution in [-0.4, -0.2) is 5.97 Å². The van der Waals surface area contributed by atoms with Gasteiger partial charge in [-0.3, -0.25) is 4.79 Å². The van der Waals surface area contributed by atoms with Gasteiger partial charge in [0.1, 0.15) is 5.76 Å². The fourth-order valence-electron chi connectivity index (χ4n) is 0.723. The molecule has 0 N–H and O–H groups in total. The highest BCUT2D eigenvalue weighted by molar-refractivity contribution is 9.11. The van der Waals surface area contributed by atoms with Gasteiger partial charge in [-0.25, -0.2) is 0 Å². The van der Waals surface area contributed by atoms with Gasteiger partial charge in [-0.1, -0.05) is 22.9 Å². The van der Waals surface area contributed by atoms with Crippen LogP contribution < -0.4 is 0 Å². The molecule has 1 aliphatic rings. The lowest BCUT2D eigenvalue weighted by Crippen LogP contribution is -2.00. The molecular weight excluding hydrogens is 184 g/mol. The van der Waals surface area contributed by atoms with Gasteiger partial charge in [-0.15, -0.1) is 0 Å². The summed E-state index contributed by atoms with van der Waals surface area (Å²) in [5.74, 6) is 0.641. The summed E-state index contributed by atoms with van der Waals surface area (Å²) in [5.41, 5.74) is 0. The van der Waals surface area contributed by atoms with Crippen molar-refractivity contribution in [1.82, 2.24) is 0 Å².